The second-order valence-electron chi connectivity index (χ2n) is 5.73. The number of halogens is 2. The number of aliphatic hydroxyl groups is 1. The number of nitriles is 1. The van der Waals surface area contributed by atoms with Gasteiger partial charge < -0.3 is 10.4 Å². The quantitative estimate of drug-likeness (QED) is 0.843. The van der Waals surface area contributed by atoms with Crippen molar-refractivity contribution in [1.82, 2.24) is 5.32 Å². The molecule has 0 bridgehead atoms. The van der Waals surface area contributed by atoms with Gasteiger partial charge in [0.2, 0.25) is 0 Å². The molecule has 1 atom stereocenters. The minimum absolute atomic E-state index is 0.0301. The lowest BCUT2D eigenvalue weighted by molar-refractivity contribution is 0.0382. The molecule has 110 valence electrons. The van der Waals surface area contributed by atoms with E-state index in [9.17, 15) is 13.9 Å². The first-order valence-corrected chi connectivity index (χ1v) is 6.56. The molecule has 1 rings (SSSR count). The molecule has 0 saturated heterocycles. The Bertz CT molecular complexity index is 484. The number of nitrogens with one attached hydrogen (secondary N) is 1. The largest absolute Gasteiger partial charge is 0.389 e. The molecule has 5 heteroatoms. The van der Waals surface area contributed by atoms with Crippen molar-refractivity contribution < 1.29 is 13.9 Å². The Labute approximate surface area is 118 Å². The maximum absolute atomic E-state index is 13.6. The molecular weight excluding hydrogens is 262 g/mol. The topological polar surface area (TPSA) is 56.0 Å². The summed E-state index contributed by atoms with van der Waals surface area (Å²) >= 11 is 0. The molecule has 0 aromatic heterocycles. The normalized spacial score (nSPS) is 14.1. The fourth-order valence-corrected chi connectivity index (χ4v) is 2.24. The van der Waals surface area contributed by atoms with Gasteiger partial charge in [-0.15, -0.1) is 0 Å². The molecule has 0 spiro atoms. The third-order valence-corrected chi connectivity index (χ3v) is 2.93. The fourth-order valence-electron chi connectivity index (χ4n) is 2.24. The number of hydrogen-bond donors (Lipinski definition) is 2. The number of benzene rings is 1. The van der Waals surface area contributed by atoms with Crippen molar-refractivity contribution in [1.29, 1.82) is 5.26 Å². The fraction of sp³-hybridized carbons (Fsp3) is 0.533. The van der Waals surface area contributed by atoms with Gasteiger partial charge in [0, 0.05) is 18.7 Å². The molecule has 20 heavy (non-hydrogen) atoms. The lowest BCUT2D eigenvalue weighted by atomic mass is 9.94. The lowest BCUT2D eigenvalue weighted by Gasteiger charge is -2.25. The van der Waals surface area contributed by atoms with Crippen LogP contribution in [0.4, 0.5) is 8.78 Å². The van der Waals surface area contributed by atoms with E-state index in [4.69, 9.17) is 5.26 Å². The number of hydrogen-bond acceptors (Lipinski definition) is 3. The molecular formula is C15H20F2N2O. The number of rotatable bonds is 6. The van der Waals surface area contributed by atoms with Gasteiger partial charge in [-0.25, -0.2) is 8.78 Å². The number of nitrogens with zero attached hydrogens (tertiary/aromatic N) is 1. The second-order valence-corrected chi connectivity index (χ2v) is 5.73. The summed E-state index contributed by atoms with van der Waals surface area (Å²) < 4.78 is 27.3. The van der Waals surface area contributed by atoms with Gasteiger partial charge in [-0.3, -0.25) is 0 Å². The zero-order valence-electron chi connectivity index (χ0n) is 12.0. The van der Waals surface area contributed by atoms with Crippen molar-refractivity contribution in [3.8, 4) is 6.07 Å². The van der Waals surface area contributed by atoms with E-state index in [0.29, 0.717) is 12.3 Å². The molecule has 1 aromatic rings. The Hall–Kier alpha value is -1.51. The van der Waals surface area contributed by atoms with E-state index < -0.39 is 17.2 Å². The monoisotopic (exact) mass is 282 g/mol. The average molecular weight is 282 g/mol. The van der Waals surface area contributed by atoms with Crippen molar-refractivity contribution in [2.75, 3.05) is 6.54 Å². The highest BCUT2D eigenvalue weighted by Gasteiger charge is 2.21. The summed E-state index contributed by atoms with van der Waals surface area (Å²) in [5.41, 5.74) is -1.09. The van der Waals surface area contributed by atoms with Gasteiger partial charge in [0.25, 0.3) is 0 Å². The Morgan fingerprint density at radius 1 is 1.35 bits per heavy atom. The van der Waals surface area contributed by atoms with Gasteiger partial charge in [-0.1, -0.05) is 13.8 Å². The molecule has 0 heterocycles. The minimum atomic E-state index is -0.923. The molecule has 0 aliphatic carbocycles. The molecule has 3 nitrogen and oxygen atoms in total. The van der Waals surface area contributed by atoms with Crippen LogP contribution in [0.15, 0.2) is 12.1 Å². The average Bonchev–Trinajstić information content (AvgIpc) is 2.30. The standard InChI is InChI=1S/C15H20F2N2O/c1-10(2)6-15(3,20)9-19-8-12-13(16)4-11(7-18)5-14(12)17/h4-5,10,19-20H,6,8-9H2,1-3H3. The van der Waals surface area contributed by atoms with Gasteiger partial charge >= 0.3 is 0 Å². The van der Waals surface area contributed by atoms with E-state index in [1.165, 1.54) is 0 Å². The third kappa shape index (κ3) is 4.87. The van der Waals surface area contributed by atoms with E-state index in [2.05, 4.69) is 5.32 Å². The van der Waals surface area contributed by atoms with Gasteiger partial charge in [-0.05, 0) is 31.4 Å². The van der Waals surface area contributed by atoms with Gasteiger partial charge in [0.15, 0.2) is 0 Å². The van der Waals surface area contributed by atoms with E-state index in [-0.39, 0.29) is 24.2 Å². The van der Waals surface area contributed by atoms with Crippen LogP contribution in [0.25, 0.3) is 0 Å². The highest BCUT2D eigenvalue weighted by molar-refractivity contribution is 5.34. The Kier molecular flexibility index (Phi) is 5.61. The van der Waals surface area contributed by atoms with Crippen molar-refractivity contribution in [2.24, 2.45) is 5.92 Å². The lowest BCUT2D eigenvalue weighted by Crippen LogP contribution is -2.38. The molecule has 0 fully saturated rings. The summed E-state index contributed by atoms with van der Waals surface area (Å²) in [6, 6.07) is 3.71. The van der Waals surface area contributed by atoms with Crippen LogP contribution in [0.3, 0.4) is 0 Å². The Morgan fingerprint density at radius 3 is 2.35 bits per heavy atom. The summed E-state index contributed by atoms with van der Waals surface area (Å²) in [5, 5.41) is 21.6. The third-order valence-electron chi connectivity index (χ3n) is 2.93. The maximum Gasteiger partial charge on any atom is 0.131 e. The summed E-state index contributed by atoms with van der Waals surface area (Å²) in [6.07, 6.45) is 0.596. The van der Waals surface area contributed by atoms with Gasteiger partial charge in [0.1, 0.15) is 11.6 Å². The van der Waals surface area contributed by atoms with Crippen LogP contribution in [0, 0.1) is 28.9 Å². The van der Waals surface area contributed by atoms with Crippen molar-refractivity contribution in [2.45, 2.75) is 39.3 Å². The van der Waals surface area contributed by atoms with E-state index in [0.717, 1.165) is 12.1 Å². The molecule has 2 N–H and O–H groups in total. The Balaban J connectivity index is 2.65. The predicted molar refractivity (Wildman–Crippen MR) is 72.9 cm³/mol. The predicted octanol–water partition coefficient (Wildman–Crippen LogP) is 2.72. The molecule has 0 saturated carbocycles. The van der Waals surface area contributed by atoms with Crippen LogP contribution >= 0.6 is 0 Å². The molecule has 0 amide bonds. The van der Waals surface area contributed by atoms with Crippen LogP contribution in [0.2, 0.25) is 0 Å². The first kappa shape index (κ1) is 16.5. The summed E-state index contributed by atoms with van der Waals surface area (Å²) in [6.45, 7) is 5.88. The smallest absolute Gasteiger partial charge is 0.131 e. The highest BCUT2D eigenvalue weighted by atomic mass is 19.1. The van der Waals surface area contributed by atoms with Crippen LogP contribution in [0.5, 0.6) is 0 Å². The molecule has 1 aromatic carbocycles. The summed E-state index contributed by atoms with van der Waals surface area (Å²) in [7, 11) is 0. The van der Waals surface area contributed by atoms with E-state index >= 15 is 0 Å². The zero-order valence-corrected chi connectivity index (χ0v) is 12.0. The summed E-state index contributed by atoms with van der Waals surface area (Å²) in [4.78, 5) is 0. The van der Waals surface area contributed by atoms with Gasteiger partial charge in [-0.2, -0.15) is 5.26 Å². The van der Waals surface area contributed by atoms with Crippen LogP contribution in [0.1, 0.15) is 38.3 Å². The van der Waals surface area contributed by atoms with Crippen LogP contribution < -0.4 is 5.32 Å². The first-order valence-electron chi connectivity index (χ1n) is 6.56. The SMILES string of the molecule is CC(C)CC(C)(O)CNCc1c(F)cc(C#N)cc1F. The molecule has 0 aliphatic heterocycles. The van der Waals surface area contributed by atoms with Crippen molar-refractivity contribution in [3.63, 3.8) is 0 Å². The molecule has 0 aliphatic rings. The van der Waals surface area contributed by atoms with Crippen molar-refractivity contribution >= 4 is 0 Å². The van der Waals surface area contributed by atoms with Crippen molar-refractivity contribution in [3.05, 3.63) is 34.9 Å². The van der Waals surface area contributed by atoms with Crippen LogP contribution in [-0.4, -0.2) is 17.3 Å². The molecule has 1 unspecified atom stereocenters. The zero-order chi connectivity index (χ0) is 15.3. The Morgan fingerprint density at radius 2 is 1.90 bits per heavy atom. The molecule has 0 radical (unpaired) electrons. The van der Waals surface area contributed by atoms with E-state index in [1.807, 2.05) is 13.8 Å². The minimum Gasteiger partial charge on any atom is -0.389 e. The summed E-state index contributed by atoms with van der Waals surface area (Å²) in [5.74, 6) is -1.18. The first-order chi connectivity index (χ1) is 9.25. The second kappa shape index (κ2) is 6.78. The highest BCUT2D eigenvalue weighted by Crippen LogP contribution is 2.17. The maximum atomic E-state index is 13.6. The van der Waals surface area contributed by atoms with Gasteiger partial charge in [0.05, 0.1) is 17.2 Å². The van der Waals surface area contributed by atoms with E-state index in [1.54, 1.807) is 13.0 Å². The van der Waals surface area contributed by atoms with Crippen LogP contribution in [-0.2, 0) is 6.54 Å².